The fourth-order valence-electron chi connectivity index (χ4n) is 1.64. The molecule has 0 saturated heterocycles. The summed E-state index contributed by atoms with van der Waals surface area (Å²) in [6.07, 6.45) is 5.30. The number of imidazole rings is 1. The number of sulfone groups is 1. The summed E-state index contributed by atoms with van der Waals surface area (Å²) < 4.78 is 24.7. The maximum atomic E-state index is 11.4. The highest BCUT2D eigenvalue weighted by Gasteiger charge is 2.10. The van der Waals surface area contributed by atoms with E-state index in [-0.39, 0.29) is 11.5 Å². The Kier molecular flexibility index (Phi) is 3.89. The van der Waals surface area contributed by atoms with E-state index in [1.165, 1.54) is 0 Å². The monoisotopic (exact) mass is 283 g/mol. The van der Waals surface area contributed by atoms with Crippen molar-refractivity contribution in [3.63, 3.8) is 0 Å². The van der Waals surface area contributed by atoms with Crippen LogP contribution in [0.5, 0.6) is 0 Å². The lowest BCUT2D eigenvalue weighted by Gasteiger charge is -2.09. The third-order valence-electron chi connectivity index (χ3n) is 2.78. The summed E-state index contributed by atoms with van der Waals surface area (Å²) in [6.45, 7) is 1.96. The van der Waals surface area contributed by atoms with Crippen molar-refractivity contribution in [2.75, 3.05) is 35.7 Å². The molecule has 2 aromatic rings. The molecule has 0 radical (unpaired) electrons. The molecule has 0 atom stereocenters. The van der Waals surface area contributed by atoms with Crippen LogP contribution in [0.3, 0.4) is 0 Å². The summed E-state index contributed by atoms with van der Waals surface area (Å²) in [5.74, 6) is 1.49. The molecule has 104 valence electrons. The van der Waals surface area contributed by atoms with Crippen molar-refractivity contribution in [1.82, 2.24) is 14.4 Å². The summed E-state index contributed by atoms with van der Waals surface area (Å²) >= 11 is 0. The molecule has 8 heteroatoms. The van der Waals surface area contributed by atoms with E-state index in [1.54, 1.807) is 20.2 Å². The number of hydrogen-bond acceptors (Lipinski definition) is 6. The minimum absolute atomic E-state index is 0.0851. The number of aromatic nitrogens is 3. The Labute approximate surface area is 112 Å². The fraction of sp³-hybridized carbons (Fsp3) is 0.455. The van der Waals surface area contributed by atoms with Crippen molar-refractivity contribution in [2.45, 2.75) is 6.92 Å². The molecule has 0 spiro atoms. The zero-order valence-corrected chi connectivity index (χ0v) is 11.7. The van der Waals surface area contributed by atoms with Gasteiger partial charge in [0.1, 0.15) is 5.82 Å². The number of hydrogen-bond donors (Lipinski definition) is 2. The van der Waals surface area contributed by atoms with Crippen LogP contribution < -0.4 is 10.6 Å². The molecular weight excluding hydrogens is 266 g/mol. The molecule has 2 N–H and O–H groups in total. The summed E-state index contributed by atoms with van der Waals surface area (Å²) in [7, 11) is -1.20. The first-order valence-electron chi connectivity index (χ1n) is 6.01. The average molecular weight is 283 g/mol. The van der Waals surface area contributed by atoms with Gasteiger partial charge in [0.15, 0.2) is 21.3 Å². The van der Waals surface area contributed by atoms with Gasteiger partial charge in [-0.15, -0.1) is 0 Å². The highest BCUT2D eigenvalue weighted by atomic mass is 32.2. The third-order valence-corrected chi connectivity index (χ3v) is 4.48. The van der Waals surface area contributed by atoms with E-state index < -0.39 is 9.84 Å². The maximum absolute atomic E-state index is 11.4. The zero-order chi connectivity index (χ0) is 13.9. The molecule has 0 aliphatic rings. The van der Waals surface area contributed by atoms with Crippen molar-refractivity contribution in [2.24, 2.45) is 0 Å². The first kappa shape index (κ1) is 13.6. The lowest BCUT2D eigenvalue weighted by atomic mass is 10.5. The molecule has 2 heterocycles. The molecule has 0 aliphatic carbocycles. The summed E-state index contributed by atoms with van der Waals surface area (Å²) in [5, 5.41) is 5.97. The SMILES string of the molecule is CCS(=O)(=O)CCNc1nc(NC)cn2ccnc12. The Hall–Kier alpha value is -1.83. The van der Waals surface area contributed by atoms with Crippen LogP contribution in [-0.2, 0) is 9.84 Å². The number of anilines is 2. The number of nitrogens with one attached hydrogen (secondary N) is 2. The van der Waals surface area contributed by atoms with E-state index in [4.69, 9.17) is 0 Å². The van der Waals surface area contributed by atoms with Crippen molar-refractivity contribution < 1.29 is 8.42 Å². The predicted octanol–water partition coefficient (Wildman–Crippen LogP) is 0.618. The first-order chi connectivity index (χ1) is 9.05. The van der Waals surface area contributed by atoms with Crippen LogP contribution in [0.1, 0.15) is 6.92 Å². The fourth-order valence-corrected chi connectivity index (χ4v) is 2.34. The second-order valence-electron chi connectivity index (χ2n) is 4.05. The Morgan fingerprint density at radius 3 is 2.89 bits per heavy atom. The van der Waals surface area contributed by atoms with Gasteiger partial charge in [0, 0.05) is 31.7 Å². The van der Waals surface area contributed by atoms with E-state index in [9.17, 15) is 8.42 Å². The van der Waals surface area contributed by atoms with Crippen LogP contribution in [0.2, 0.25) is 0 Å². The van der Waals surface area contributed by atoms with Crippen LogP contribution in [0.4, 0.5) is 11.6 Å². The molecule has 0 aliphatic heterocycles. The second kappa shape index (κ2) is 5.43. The molecule has 2 aromatic heterocycles. The van der Waals surface area contributed by atoms with Crippen molar-refractivity contribution in [3.8, 4) is 0 Å². The van der Waals surface area contributed by atoms with Gasteiger partial charge < -0.3 is 15.0 Å². The third kappa shape index (κ3) is 3.14. The summed E-state index contributed by atoms with van der Waals surface area (Å²) in [4.78, 5) is 8.53. The molecule has 7 nitrogen and oxygen atoms in total. The molecule has 0 saturated carbocycles. The highest BCUT2D eigenvalue weighted by Crippen LogP contribution is 2.15. The van der Waals surface area contributed by atoms with Crippen LogP contribution in [0.15, 0.2) is 18.6 Å². The van der Waals surface area contributed by atoms with E-state index >= 15 is 0 Å². The number of fused-ring (bicyclic) bond motifs is 1. The van der Waals surface area contributed by atoms with Crippen LogP contribution >= 0.6 is 0 Å². The lowest BCUT2D eigenvalue weighted by Crippen LogP contribution is -2.18. The average Bonchev–Trinajstić information content (AvgIpc) is 2.86. The lowest BCUT2D eigenvalue weighted by molar-refractivity contribution is 0.597. The first-order valence-corrected chi connectivity index (χ1v) is 7.83. The second-order valence-corrected chi connectivity index (χ2v) is 6.52. The molecule has 19 heavy (non-hydrogen) atoms. The summed E-state index contributed by atoms with van der Waals surface area (Å²) in [6, 6.07) is 0. The minimum atomic E-state index is -2.98. The largest absolute Gasteiger partial charge is 0.372 e. The topological polar surface area (TPSA) is 88.4 Å². The molecular formula is C11H17N5O2S. The van der Waals surface area contributed by atoms with Gasteiger partial charge >= 0.3 is 0 Å². The predicted molar refractivity (Wildman–Crippen MR) is 75.4 cm³/mol. The molecule has 0 fully saturated rings. The van der Waals surface area contributed by atoms with Crippen molar-refractivity contribution in [1.29, 1.82) is 0 Å². The van der Waals surface area contributed by atoms with Gasteiger partial charge in [-0.25, -0.2) is 18.4 Å². The molecule has 0 unspecified atom stereocenters. The smallest absolute Gasteiger partial charge is 0.180 e. The summed E-state index contributed by atoms with van der Waals surface area (Å²) in [5.41, 5.74) is 0.674. The molecule has 2 rings (SSSR count). The molecule has 0 aromatic carbocycles. The molecule has 0 amide bonds. The van der Waals surface area contributed by atoms with E-state index in [0.717, 1.165) is 0 Å². The van der Waals surface area contributed by atoms with Gasteiger partial charge in [-0.1, -0.05) is 6.92 Å². The Bertz CT molecular complexity index is 665. The van der Waals surface area contributed by atoms with Crippen LogP contribution in [0, 0.1) is 0 Å². The Balaban J connectivity index is 2.17. The van der Waals surface area contributed by atoms with Crippen molar-refractivity contribution in [3.05, 3.63) is 18.6 Å². The standard InChI is InChI=1S/C11H17N5O2S/c1-3-19(17,18)7-5-13-10-11-14-4-6-16(11)8-9(12-2)15-10/h4,6,8,12H,3,5,7H2,1-2H3,(H,13,15). The van der Waals surface area contributed by atoms with Gasteiger partial charge in [0.25, 0.3) is 0 Å². The van der Waals surface area contributed by atoms with E-state index in [0.29, 0.717) is 23.8 Å². The Morgan fingerprint density at radius 2 is 2.21 bits per heavy atom. The van der Waals surface area contributed by atoms with Gasteiger partial charge in [0.05, 0.1) is 11.9 Å². The maximum Gasteiger partial charge on any atom is 0.180 e. The van der Waals surface area contributed by atoms with Crippen LogP contribution in [0.25, 0.3) is 5.65 Å². The minimum Gasteiger partial charge on any atom is -0.372 e. The quantitative estimate of drug-likeness (QED) is 0.808. The van der Waals surface area contributed by atoms with Crippen LogP contribution in [-0.4, -0.2) is 47.9 Å². The van der Waals surface area contributed by atoms with Crippen molar-refractivity contribution >= 4 is 27.1 Å². The van der Waals surface area contributed by atoms with E-state index in [1.807, 2.05) is 16.8 Å². The Morgan fingerprint density at radius 1 is 1.42 bits per heavy atom. The van der Waals surface area contributed by atoms with Gasteiger partial charge in [0.2, 0.25) is 0 Å². The van der Waals surface area contributed by atoms with Gasteiger partial charge in [-0.2, -0.15) is 0 Å². The number of nitrogens with zero attached hydrogens (tertiary/aromatic N) is 3. The normalized spacial score (nSPS) is 11.7. The van der Waals surface area contributed by atoms with Gasteiger partial charge in [-0.05, 0) is 0 Å². The number of rotatable bonds is 6. The zero-order valence-electron chi connectivity index (χ0n) is 10.9. The highest BCUT2D eigenvalue weighted by molar-refractivity contribution is 7.91. The molecule has 0 bridgehead atoms. The van der Waals surface area contributed by atoms with Gasteiger partial charge in [-0.3, -0.25) is 0 Å². The van der Waals surface area contributed by atoms with E-state index in [2.05, 4.69) is 20.6 Å².